The molecule has 0 aromatic heterocycles. The second-order valence-corrected chi connectivity index (χ2v) is 4.20. The van der Waals surface area contributed by atoms with E-state index < -0.39 is 0 Å². The number of hydrogen-bond acceptors (Lipinski definition) is 0. The van der Waals surface area contributed by atoms with Crippen molar-refractivity contribution in [3.8, 4) is 0 Å². The van der Waals surface area contributed by atoms with Crippen molar-refractivity contribution in [1.29, 1.82) is 0 Å². The summed E-state index contributed by atoms with van der Waals surface area (Å²) < 4.78 is 0. The number of hydrogen-bond donors (Lipinski definition) is 0. The van der Waals surface area contributed by atoms with Crippen LogP contribution < -0.4 is 0 Å². The molecule has 2 rings (SSSR count). The molecule has 2 aliphatic carbocycles. The van der Waals surface area contributed by atoms with E-state index in [4.69, 9.17) is 0 Å². The summed E-state index contributed by atoms with van der Waals surface area (Å²) in [7, 11) is 0. The van der Waals surface area contributed by atoms with Gasteiger partial charge >= 0.3 is 0 Å². The van der Waals surface area contributed by atoms with Crippen molar-refractivity contribution in [2.24, 2.45) is 5.41 Å². The molecule has 0 atom stereocenters. The predicted octanol–water partition coefficient (Wildman–Crippen LogP) is 4.18. The summed E-state index contributed by atoms with van der Waals surface area (Å²) in [6.07, 6.45) is 17.3. The number of allylic oxidation sites excluding steroid dienone is 8. The Balaban J connectivity index is 2.21. The molecule has 0 N–H and O–H groups in total. The van der Waals surface area contributed by atoms with Gasteiger partial charge in [0.25, 0.3) is 0 Å². The summed E-state index contributed by atoms with van der Waals surface area (Å²) in [5, 5.41) is 0. The highest BCUT2D eigenvalue weighted by Gasteiger charge is 2.25. The van der Waals surface area contributed by atoms with Gasteiger partial charge in [0.15, 0.2) is 0 Å². The van der Waals surface area contributed by atoms with Crippen LogP contribution in [0.1, 0.15) is 33.1 Å². The molecule has 0 saturated heterocycles. The topological polar surface area (TPSA) is 0 Å². The first-order valence-electron chi connectivity index (χ1n) is 5.58. The summed E-state index contributed by atoms with van der Waals surface area (Å²) in [4.78, 5) is 0. The minimum atomic E-state index is 0.346. The SMILES string of the molecule is CCC1(CC)C=CC(C2=CC=CC2)=C1. The van der Waals surface area contributed by atoms with Crippen LogP contribution in [0.3, 0.4) is 0 Å². The minimum absolute atomic E-state index is 0.346. The normalized spacial score (nSPS) is 22.7. The highest BCUT2D eigenvalue weighted by molar-refractivity contribution is 5.50. The highest BCUT2D eigenvalue weighted by atomic mass is 14.3. The minimum Gasteiger partial charge on any atom is -0.0801 e. The van der Waals surface area contributed by atoms with E-state index in [-0.39, 0.29) is 0 Å². The van der Waals surface area contributed by atoms with E-state index in [0.29, 0.717) is 5.41 Å². The Hall–Kier alpha value is -1.04. The van der Waals surface area contributed by atoms with Gasteiger partial charge in [-0.3, -0.25) is 0 Å². The molecule has 0 radical (unpaired) electrons. The molecule has 0 aromatic rings. The first-order valence-corrected chi connectivity index (χ1v) is 5.58. The smallest absolute Gasteiger partial charge is 0.00681 e. The molecule has 0 unspecified atom stereocenters. The molecule has 0 nitrogen and oxygen atoms in total. The Bertz CT molecular complexity index is 333. The van der Waals surface area contributed by atoms with Crippen LogP contribution in [0.5, 0.6) is 0 Å². The molecule has 0 saturated carbocycles. The zero-order valence-corrected chi connectivity index (χ0v) is 9.09. The van der Waals surface area contributed by atoms with Crippen LogP contribution >= 0.6 is 0 Å². The summed E-state index contributed by atoms with van der Waals surface area (Å²) in [6, 6.07) is 0. The van der Waals surface area contributed by atoms with E-state index >= 15 is 0 Å². The third-order valence-electron chi connectivity index (χ3n) is 3.50. The fraction of sp³-hybridized carbons (Fsp3) is 0.429. The van der Waals surface area contributed by atoms with Gasteiger partial charge in [0.2, 0.25) is 0 Å². The van der Waals surface area contributed by atoms with Gasteiger partial charge < -0.3 is 0 Å². The largest absolute Gasteiger partial charge is 0.0801 e. The molecule has 2 aliphatic rings. The molecule has 14 heavy (non-hydrogen) atoms. The van der Waals surface area contributed by atoms with Crippen LogP contribution in [0.15, 0.2) is 47.6 Å². The summed E-state index contributed by atoms with van der Waals surface area (Å²) in [5.74, 6) is 0. The zero-order chi connectivity index (χ0) is 10.0. The average Bonchev–Trinajstić information content (AvgIpc) is 2.87. The van der Waals surface area contributed by atoms with Crippen molar-refractivity contribution >= 4 is 0 Å². The molecule has 0 spiro atoms. The van der Waals surface area contributed by atoms with Gasteiger partial charge in [0.05, 0.1) is 0 Å². The first-order chi connectivity index (χ1) is 6.79. The lowest BCUT2D eigenvalue weighted by Crippen LogP contribution is -2.09. The van der Waals surface area contributed by atoms with Crippen LogP contribution in [-0.4, -0.2) is 0 Å². The van der Waals surface area contributed by atoms with Crippen LogP contribution in [0.25, 0.3) is 0 Å². The molecule has 0 fully saturated rings. The molecule has 0 bridgehead atoms. The maximum Gasteiger partial charge on any atom is 0.00681 e. The van der Waals surface area contributed by atoms with Gasteiger partial charge in [-0.2, -0.15) is 0 Å². The zero-order valence-electron chi connectivity index (χ0n) is 9.09. The van der Waals surface area contributed by atoms with Crippen molar-refractivity contribution < 1.29 is 0 Å². The van der Waals surface area contributed by atoms with Gasteiger partial charge in [0.1, 0.15) is 0 Å². The van der Waals surface area contributed by atoms with Crippen LogP contribution in [0.2, 0.25) is 0 Å². The summed E-state index contributed by atoms with van der Waals surface area (Å²) >= 11 is 0. The first kappa shape index (κ1) is 9.51. The lowest BCUT2D eigenvalue weighted by molar-refractivity contribution is 0.462. The van der Waals surface area contributed by atoms with Crippen LogP contribution in [0.4, 0.5) is 0 Å². The molecular weight excluding hydrogens is 168 g/mol. The second-order valence-electron chi connectivity index (χ2n) is 4.20. The van der Waals surface area contributed by atoms with Crippen LogP contribution in [0, 0.1) is 5.41 Å². The lowest BCUT2D eigenvalue weighted by atomic mass is 9.84. The molecule has 0 heterocycles. The third-order valence-corrected chi connectivity index (χ3v) is 3.50. The fourth-order valence-corrected chi connectivity index (χ4v) is 2.21. The van der Waals surface area contributed by atoms with Crippen molar-refractivity contribution in [3.05, 3.63) is 47.6 Å². The van der Waals surface area contributed by atoms with E-state index in [0.717, 1.165) is 6.42 Å². The maximum atomic E-state index is 2.45. The van der Waals surface area contributed by atoms with Gasteiger partial charge in [-0.1, -0.05) is 50.3 Å². The van der Waals surface area contributed by atoms with E-state index in [1.54, 1.807) is 0 Å². The number of rotatable bonds is 3. The van der Waals surface area contributed by atoms with E-state index in [1.807, 2.05) is 0 Å². The molecule has 0 heteroatoms. The molecule has 0 amide bonds. The van der Waals surface area contributed by atoms with Gasteiger partial charge in [-0.05, 0) is 30.4 Å². The van der Waals surface area contributed by atoms with Crippen molar-refractivity contribution in [3.63, 3.8) is 0 Å². The van der Waals surface area contributed by atoms with Crippen molar-refractivity contribution in [2.75, 3.05) is 0 Å². The van der Waals surface area contributed by atoms with Gasteiger partial charge in [0, 0.05) is 5.41 Å². The monoisotopic (exact) mass is 186 g/mol. The predicted molar refractivity (Wildman–Crippen MR) is 62.1 cm³/mol. The standard InChI is InChI=1S/C14H18/c1-3-14(4-2)10-9-13(11-14)12-7-5-6-8-12/h5-7,9-11H,3-4,8H2,1-2H3. The highest BCUT2D eigenvalue weighted by Crippen LogP contribution is 2.39. The third kappa shape index (κ3) is 1.50. The molecule has 0 aromatic carbocycles. The maximum absolute atomic E-state index is 2.45. The molecular formula is C14H18. The van der Waals surface area contributed by atoms with E-state index in [2.05, 4.69) is 50.3 Å². The molecule has 0 aliphatic heterocycles. The van der Waals surface area contributed by atoms with Crippen molar-refractivity contribution in [2.45, 2.75) is 33.1 Å². The lowest BCUT2D eigenvalue weighted by Gasteiger charge is -2.20. The van der Waals surface area contributed by atoms with E-state index in [9.17, 15) is 0 Å². The van der Waals surface area contributed by atoms with Crippen molar-refractivity contribution in [1.82, 2.24) is 0 Å². The van der Waals surface area contributed by atoms with Gasteiger partial charge in [-0.15, -0.1) is 0 Å². The Kier molecular flexibility index (Phi) is 2.45. The molecule has 74 valence electrons. The Labute approximate surface area is 86.7 Å². The van der Waals surface area contributed by atoms with Gasteiger partial charge in [-0.25, -0.2) is 0 Å². The van der Waals surface area contributed by atoms with Crippen LogP contribution in [-0.2, 0) is 0 Å². The summed E-state index contributed by atoms with van der Waals surface area (Å²) in [6.45, 7) is 4.54. The summed E-state index contributed by atoms with van der Waals surface area (Å²) in [5.41, 5.74) is 3.27. The van der Waals surface area contributed by atoms with E-state index in [1.165, 1.54) is 24.0 Å². The Morgan fingerprint density at radius 3 is 2.57 bits per heavy atom. The Morgan fingerprint density at radius 2 is 2.07 bits per heavy atom. The second kappa shape index (κ2) is 3.61. The average molecular weight is 186 g/mol. The fourth-order valence-electron chi connectivity index (χ4n) is 2.21. The Morgan fingerprint density at radius 1 is 1.29 bits per heavy atom. The quantitative estimate of drug-likeness (QED) is 0.620.